The lowest BCUT2D eigenvalue weighted by Crippen LogP contribution is -2.41. The van der Waals surface area contributed by atoms with Crippen LogP contribution in [-0.2, 0) is 10.4 Å². The van der Waals surface area contributed by atoms with Crippen molar-refractivity contribution in [2.24, 2.45) is 0 Å². The minimum atomic E-state index is -1.87. The van der Waals surface area contributed by atoms with Crippen LogP contribution < -0.4 is 4.90 Å². The standard InChI is InChI=1S/C25H20BrNO3/c26-20-14-12-19(13-15-20)23(28)17-25(30)21-10-4-5-11-22(21)27(24(25)29)16-6-9-18-7-2-1-3-8-18/h1-15,30H,16-17H2/b9-6+/t25-/m0/s1. The molecule has 0 aromatic heterocycles. The van der Waals surface area contributed by atoms with Crippen LogP contribution in [0, 0.1) is 0 Å². The number of aliphatic hydroxyl groups is 1. The van der Waals surface area contributed by atoms with Crippen molar-refractivity contribution in [2.45, 2.75) is 12.0 Å². The maximum absolute atomic E-state index is 13.2. The van der Waals surface area contributed by atoms with Crippen molar-refractivity contribution >= 4 is 39.4 Å². The van der Waals surface area contributed by atoms with Gasteiger partial charge in [0.2, 0.25) is 0 Å². The SMILES string of the molecule is O=C(C[C@@]1(O)C(=O)N(C/C=C/c2ccccc2)c2ccccc21)c1ccc(Br)cc1. The lowest BCUT2D eigenvalue weighted by atomic mass is 9.88. The molecule has 0 saturated carbocycles. The first-order chi connectivity index (χ1) is 14.5. The zero-order valence-electron chi connectivity index (χ0n) is 16.2. The zero-order valence-corrected chi connectivity index (χ0v) is 17.7. The van der Waals surface area contributed by atoms with Gasteiger partial charge < -0.3 is 10.0 Å². The fraction of sp³-hybridized carbons (Fsp3) is 0.120. The third kappa shape index (κ3) is 3.86. The van der Waals surface area contributed by atoms with Crippen molar-refractivity contribution in [3.8, 4) is 0 Å². The molecule has 4 rings (SSSR count). The van der Waals surface area contributed by atoms with Crippen LogP contribution in [0.2, 0.25) is 0 Å². The van der Waals surface area contributed by atoms with E-state index in [1.165, 1.54) is 4.90 Å². The average Bonchev–Trinajstić information content (AvgIpc) is 2.97. The Bertz CT molecular complexity index is 1110. The van der Waals surface area contributed by atoms with E-state index in [1.54, 1.807) is 42.5 Å². The fourth-order valence-corrected chi connectivity index (χ4v) is 3.95. The van der Waals surface area contributed by atoms with Gasteiger partial charge in [-0.25, -0.2) is 0 Å². The summed E-state index contributed by atoms with van der Waals surface area (Å²) in [5.74, 6) is -0.762. The first kappa shape index (κ1) is 20.3. The molecule has 150 valence electrons. The molecule has 1 amide bonds. The van der Waals surface area contributed by atoms with E-state index in [9.17, 15) is 14.7 Å². The van der Waals surface area contributed by atoms with Crippen molar-refractivity contribution < 1.29 is 14.7 Å². The molecular formula is C25H20BrNO3. The van der Waals surface area contributed by atoms with Gasteiger partial charge in [-0.2, -0.15) is 0 Å². The van der Waals surface area contributed by atoms with Gasteiger partial charge in [0.15, 0.2) is 11.4 Å². The summed E-state index contributed by atoms with van der Waals surface area (Å²) in [7, 11) is 0. The molecule has 1 aliphatic rings. The maximum Gasteiger partial charge on any atom is 0.264 e. The number of halogens is 1. The number of rotatable bonds is 6. The second-order valence-corrected chi connectivity index (χ2v) is 8.13. The third-order valence-electron chi connectivity index (χ3n) is 5.22. The molecule has 0 unspecified atom stereocenters. The smallest absolute Gasteiger partial charge is 0.264 e. The van der Waals surface area contributed by atoms with E-state index in [0.29, 0.717) is 23.4 Å². The summed E-state index contributed by atoms with van der Waals surface area (Å²) in [5.41, 5.74) is 0.707. The Morgan fingerprint density at radius 2 is 1.63 bits per heavy atom. The van der Waals surface area contributed by atoms with Crippen LogP contribution >= 0.6 is 15.9 Å². The molecule has 1 N–H and O–H groups in total. The second kappa shape index (κ2) is 8.38. The Kier molecular flexibility index (Phi) is 5.66. The summed E-state index contributed by atoms with van der Waals surface area (Å²) < 4.78 is 0.858. The minimum Gasteiger partial charge on any atom is -0.375 e. The van der Waals surface area contributed by atoms with E-state index in [4.69, 9.17) is 0 Å². The highest BCUT2D eigenvalue weighted by Gasteiger charge is 2.50. The Morgan fingerprint density at radius 1 is 0.967 bits per heavy atom. The van der Waals surface area contributed by atoms with Crippen LogP contribution in [-0.4, -0.2) is 23.3 Å². The number of hydrogen-bond acceptors (Lipinski definition) is 3. The van der Waals surface area contributed by atoms with Crippen LogP contribution in [0.5, 0.6) is 0 Å². The second-order valence-electron chi connectivity index (χ2n) is 7.21. The van der Waals surface area contributed by atoms with E-state index in [0.717, 1.165) is 10.0 Å². The van der Waals surface area contributed by atoms with Gasteiger partial charge in [0, 0.05) is 22.1 Å². The van der Waals surface area contributed by atoms with Gasteiger partial charge in [-0.1, -0.05) is 88.7 Å². The summed E-state index contributed by atoms with van der Waals surface area (Å²) in [6.07, 6.45) is 3.51. The number of carbonyl (C=O) groups excluding carboxylic acids is 2. The number of amides is 1. The quantitative estimate of drug-likeness (QED) is 0.527. The number of fused-ring (bicyclic) bond motifs is 1. The Labute approximate surface area is 183 Å². The minimum absolute atomic E-state index is 0.283. The lowest BCUT2D eigenvalue weighted by molar-refractivity contribution is -0.135. The molecule has 3 aromatic rings. The molecule has 0 bridgehead atoms. The molecule has 30 heavy (non-hydrogen) atoms. The van der Waals surface area contributed by atoms with E-state index in [1.807, 2.05) is 48.6 Å². The van der Waals surface area contributed by atoms with E-state index < -0.39 is 11.5 Å². The predicted molar refractivity (Wildman–Crippen MR) is 121 cm³/mol. The predicted octanol–water partition coefficient (Wildman–Crippen LogP) is 4.97. The van der Waals surface area contributed by atoms with Crippen molar-refractivity contribution in [3.63, 3.8) is 0 Å². The van der Waals surface area contributed by atoms with Crippen molar-refractivity contribution in [1.29, 1.82) is 0 Å². The monoisotopic (exact) mass is 461 g/mol. The van der Waals surface area contributed by atoms with Gasteiger partial charge >= 0.3 is 0 Å². The molecule has 1 atom stereocenters. The zero-order chi connectivity index (χ0) is 21.1. The lowest BCUT2D eigenvalue weighted by Gasteiger charge is -2.22. The molecule has 5 heteroatoms. The number of para-hydroxylation sites is 1. The van der Waals surface area contributed by atoms with Crippen LogP contribution in [0.3, 0.4) is 0 Å². The van der Waals surface area contributed by atoms with Crippen LogP contribution in [0.15, 0.2) is 89.4 Å². The van der Waals surface area contributed by atoms with E-state index >= 15 is 0 Å². The highest BCUT2D eigenvalue weighted by Crippen LogP contribution is 2.42. The number of benzene rings is 3. The highest BCUT2D eigenvalue weighted by molar-refractivity contribution is 9.10. The summed E-state index contributed by atoms with van der Waals surface area (Å²) >= 11 is 3.35. The normalized spacial score (nSPS) is 18.1. The van der Waals surface area contributed by atoms with Gasteiger partial charge in [0.1, 0.15) is 0 Å². The number of anilines is 1. The van der Waals surface area contributed by atoms with E-state index in [2.05, 4.69) is 15.9 Å². The summed E-state index contributed by atoms with van der Waals surface area (Å²) in [6.45, 7) is 0.305. The number of nitrogens with zero attached hydrogens (tertiary/aromatic N) is 1. The van der Waals surface area contributed by atoms with Crippen molar-refractivity contribution in [2.75, 3.05) is 11.4 Å². The number of carbonyl (C=O) groups is 2. The highest BCUT2D eigenvalue weighted by atomic mass is 79.9. The van der Waals surface area contributed by atoms with Crippen LogP contribution in [0.4, 0.5) is 5.69 Å². The Morgan fingerprint density at radius 3 is 2.37 bits per heavy atom. The van der Waals surface area contributed by atoms with Crippen molar-refractivity contribution in [3.05, 3.63) is 106 Å². The van der Waals surface area contributed by atoms with Gasteiger partial charge in [-0.05, 0) is 23.8 Å². The molecule has 0 saturated heterocycles. The van der Waals surface area contributed by atoms with Crippen molar-refractivity contribution in [1.82, 2.24) is 0 Å². The topological polar surface area (TPSA) is 57.6 Å². The molecule has 0 radical (unpaired) electrons. The molecule has 1 heterocycles. The van der Waals surface area contributed by atoms with Gasteiger partial charge in [0.25, 0.3) is 5.91 Å². The summed E-state index contributed by atoms with van der Waals surface area (Å²) in [4.78, 5) is 27.6. The summed E-state index contributed by atoms with van der Waals surface area (Å²) in [5, 5.41) is 11.3. The molecular weight excluding hydrogens is 442 g/mol. The largest absolute Gasteiger partial charge is 0.375 e. The number of hydrogen-bond donors (Lipinski definition) is 1. The Hall–Kier alpha value is -3.02. The number of Topliss-reactive ketones (excluding diaryl/α,β-unsaturated/α-hetero) is 1. The summed E-state index contributed by atoms with van der Waals surface area (Å²) in [6, 6.07) is 23.8. The van der Waals surface area contributed by atoms with E-state index in [-0.39, 0.29) is 12.2 Å². The van der Waals surface area contributed by atoms with Gasteiger partial charge in [-0.15, -0.1) is 0 Å². The van der Waals surface area contributed by atoms with Crippen LogP contribution in [0.1, 0.15) is 27.9 Å². The molecule has 0 spiro atoms. The Balaban J connectivity index is 1.59. The molecule has 3 aromatic carbocycles. The maximum atomic E-state index is 13.2. The first-order valence-corrected chi connectivity index (χ1v) is 10.4. The average molecular weight is 462 g/mol. The van der Waals surface area contributed by atoms with Gasteiger partial charge in [0.05, 0.1) is 12.1 Å². The van der Waals surface area contributed by atoms with Crippen LogP contribution in [0.25, 0.3) is 6.08 Å². The van der Waals surface area contributed by atoms with Gasteiger partial charge in [-0.3, -0.25) is 9.59 Å². The third-order valence-corrected chi connectivity index (χ3v) is 5.75. The first-order valence-electron chi connectivity index (χ1n) is 9.63. The fourth-order valence-electron chi connectivity index (χ4n) is 3.69. The molecule has 4 nitrogen and oxygen atoms in total. The number of ketones is 1. The molecule has 0 aliphatic carbocycles. The molecule has 0 fully saturated rings. The molecule has 1 aliphatic heterocycles.